The summed E-state index contributed by atoms with van der Waals surface area (Å²) in [4.78, 5) is 7.13. The van der Waals surface area contributed by atoms with E-state index >= 15 is 0 Å². The van der Waals surface area contributed by atoms with E-state index in [9.17, 15) is 0 Å². The van der Waals surface area contributed by atoms with Gasteiger partial charge < -0.3 is 4.72 Å². The van der Waals surface area contributed by atoms with Crippen LogP contribution in [0.3, 0.4) is 0 Å². The van der Waals surface area contributed by atoms with Crippen LogP contribution in [0.4, 0.5) is 11.4 Å². The summed E-state index contributed by atoms with van der Waals surface area (Å²) in [6.45, 7) is 4.22. The van der Waals surface area contributed by atoms with Crippen molar-refractivity contribution in [2.45, 2.75) is 25.2 Å². The molecule has 2 aliphatic rings. The van der Waals surface area contributed by atoms with Gasteiger partial charge in [0.25, 0.3) is 0 Å². The van der Waals surface area contributed by atoms with Gasteiger partial charge in [-0.25, -0.2) is 4.99 Å². The normalized spacial score (nSPS) is 17.1. The first kappa shape index (κ1) is 18.1. The zero-order valence-corrected chi connectivity index (χ0v) is 16.8. The van der Waals surface area contributed by atoms with Crippen molar-refractivity contribution in [3.63, 3.8) is 0 Å². The van der Waals surface area contributed by atoms with Gasteiger partial charge in [-0.3, -0.25) is 0 Å². The highest BCUT2D eigenvalue weighted by Gasteiger charge is 2.13. The summed E-state index contributed by atoms with van der Waals surface area (Å²) in [7, 11) is 0. The Morgan fingerprint density at radius 3 is 3.08 bits per heavy atom. The second kappa shape index (κ2) is 8.56. The van der Waals surface area contributed by atoms with Crippen LogP contribution in [-0.2, 0) is 0 Å². The Morgan fingerprint density at radius 1 is 1.38 bits per heavy atom. The van der Waals surface area contributed by atoms with E-state index in [4.69, 9.17) is 16.6 Å². The third-order valence-corrected chi connectivity index (χ3v) is 7.11. The molecule has 0 spiro atoms. The molecular formula is C18H19ClN2S3. The van der Waals surface area contributed by atoms with E-state index in [1.165, 1.54) is 9.94 Å². The smallest absolute Gasteiger partial charge is 0.0841 e. The quantitative estimate of drug-likeness (QED) is 0.556. The molecule has 2 nitrogen and oxygen atoms in total. The first-order valence-electron chi connectivity index (χ1n) is 7.81. The molecule has 1 aliphatic heterocycles. The highest BCUT2D eigenvalue weighted by atomic mass is 35.5. The van der Waals surface area contributed by atoms with Crippen molar-refractivity contribution in [3.8, 4) is 0 Å². The molecule has 1 heterocycles. The van der Waals surface area contributed by atoms with Crippen molar-refractivity contribution in [1.82, 2.24) is 0 Å². The van der Waals surface area contributed by atoms with E-state index < -0.39 is 0 Å². The van der Waals surface area contributed by atoms with Crippen LogP contribution < -0.4 is 4.72 Å². The number of fused-ring (bicyclic) bond motifs is 1. The molecule has 0 fully saturated rings. The second-order valence-electron chi connectivity index (χ2n) is 5.29. The summed E-state index contributed by atoms with van der Waals surface area (Å²) in [5.74, 6) is 2.04. The average molecular weight is 395 g/mol. The molecule has 126 valence electrons. The van der Waals surface area contributed by atoms with Crippen LogP contribution in [0.5, 0.6) is 0 Å². The van der Waals surface area contributed by atoms with Crippen molar-refractivity contribution in [3.05, 3.63) is 51.9 Å². The molecule has 6 heteroatoms. The number of rotatable bonds is 4. The Labute approximate surface area is 161 Å². The van der Waals surface area contributed by atoms with Gasteiger partial charge in [0.15, 0.2) is 0 Å². The lowest BCUT2D eigenvalue weighted by Crippen LogP contribution is -2.01. The summed E-state index contributed by atoms with van der Waals surface area (Å²) < 4.78 is 3.43. The SMILES string of the molecule is CCSC1=Nc2ccc(NSC3=C(C)C(Cl)=CCC=C3)cc2SC1. The molecule has 0 radical (unpaired) electrons. The van der Waals surface area contributed by atoms with Gasteiger partial charge in [0.05, 0.1) is 10.7 Å². The Bertz CT molecular complexity index is 751. The van der Waals surface area contributed by atoms with E-state index in [1.54, 1.807) is 11.9 Å². The molecule has 0 unspecified atom stereocenters. The van der Waals surface area contributed by atoms with Crippen LogP contribution in [0, 0.1) is 0 Å². The van der Waals surface area contributed by atoms with Gasteiger partial charge in [0.1, 0.15) is 0 Å². The predicted octanol–water partition coefficient (Wildman–Crippen LogP) is 6.99. The molecular weight excluding hydrogens is 376 g/mol. The lowest BCUT2D eigenvalue weighted by atomic mass is 10.2. The number of aliphatic imine (C=N–C) groups is 1. The van der Waals surface area contributed by atoms with Crippen LogP contribution >= 0.6 is 47.1 Å². The van der Waals surface area contributed by atoms with Gasteiger partial charge >= 0.3 is 0 Å². The minimum absolute atomic E-state index is 0.834. The lowest BCUT2D eigenvalue weighted by Gasteiger charge is -2.16. The number of allylic oxidation sites excluding steroid dienone is 5. The van der Waals surface area contributed by atoms with Gasteiger partial charge in [0.2, 0.25) is 0 Å². The monoisotopic (exact) mass is 394 g/mol. The minimum atomic E-state index is 0.834. The van der Waals surface area contributed by atoms with E-state index in [2.05, 4.69) is 48.9 Å². The number of halogens is 1. The first-order valence-corrected chi connectivity index (χ1v) is 11.0. The lowest BCUT2D eigenvalue weighted by molar-refractivity contribution is 1.36. The van der Waals surface area contributed by atoms with Crippen molar-refractivity contribution < 1.29 is 0 Å². The Balaban J connectivity index is 1.72. The fourth-order valence-electron chi connectivity index (χ4n) is 2.30. The van der Waals surface area contributed by atoms with E-state index in [-0.39, 0.29) is 0 Å². The molecule has 1 aliphatic carbocycles. The third kappa shape index (κ3) is 4.45. The van der Waals surface area contributed by atoms with E-state index in [1.807, 2.05) is 29.6 Å². The second-order valence-corrected chi connectivity index (χ2v) is 8.90. The molecule has 0 amide bonds. The summed E-state index contributed by atoms with van der Waals surface area (Å²) in [5, 5.41) is 2.05. The van der Waals surface area contributed by atoms with Gasteiger partial charge in [0, 0.05) is 26.3 Å². The first-order chi connectivity index (χ1) is 11.7. The van der Waals surface area contributed by atoms with Crippen molar-refractivity contribution in [2.24, 2.45) is 4.99 Å². The Hall–Kier alpha value is -0.750. The topological polar surface area (TPSA) is 24.4 Å². The van der Waals surface area contributed by atoms with Gasteiger partial charge in [-0.2, -0.15) is 0 Å². The number of benzene rings is 1. The molecule has 3 rings (SSSR count). The maximum absolute atomic E-state index is 6.28. The molecule has 1 aromatic rings. The largest absolute Gasteiger partial charge is 0.326 e. The molecule has 24 heavy (non-hydrogen) atoms. The van der Waals surface area contributed by atoms with E-state index in [0.29, 0.717) is 0 Å². The summed E-state index contributed by atoms with van der Waals surface area (Å²) in [6.07, 6.45) is 7.18. The number of thioether (sulfide) groups is 2. The van der Waals surface area contributed by atoms with Crippen LogP contribution in [0.1, 0.15) is 20.3 Å². The number of nitrogens with one attached hydrogen (secondary N) is 1. The standard InChI is InChI=1S/C18H19ClN2S3/c1-3-22-18-11-23-17-10-13(8-9-15(17)20-18)21-24-16-7-5-4-6-14(19)12(16)2/h5-10,21H,3-4,11H2,1-2H3. The number of hydrogen-bond donors (Lipinski definition) is 1. The number of hydrogen-bond acceptors (Lipinski definition) is 5. The summed E-state index contributed by atoms with van der Waals surface area (Å²) in [5.41, 5.74) is 3.28. The van der Waals surface area contributed by atoms with Crippen LogP contribution in [0.15, 0.2) is 61.8 Å². The Morgan fingerprint density at radius 2 is 2.25 bits per heavy atom. The van der Waals surface area contributed by atoms with Crippen LogP contribution in [0.2, 0.25) is 0 Å². The third-order valence-electron chi connectivity index (χ3n) is 3.58. The van der Waals surface area contributed by atoms with E-state index in [0.717, 1.165) is 44.8 Å². The molecule has 0 saturated heterocycles. The maximum Gasteiger partial charge on any atom is 0.0841 e. The fraction of sp³-hybridized carbons (Fsp3) is 0.278. The zero-order valence-electron chi connectivity index (χ0n) is 13.6. The average Bonchev–Trinajstić information content (AvgIpc) is 2.75. The van der Waals surface area contributed by atoms with Crippen molar-refractivity contribution in [2.75, 3.05) is 16.2 Å². The molecule has 0 aromatic heterocycles. The number of anilines is 1. The molecule has 0 atom stereocenters. The molecule has 0 bridgehead atoms. The fourth-order valence-corrected chi connectivity index (χ4v) is 5.15. The summed E-state index contributed by atoms with van der Waals surface area (Å²) in [6, 6.07) is 6.36. The maximum atomic E-state index is 6.28. The van der Waals surface area contributed by atoms with Crippen LogP contribution in [0.25, 0.3) is 0 Å². The Kier molecular flexibility index (Phi) is 6.44. The molecule has 1 aromatic carbocycles. The molecule has 0 saturated carbocycles. The van der Waals surface area contributed by atoms with Gasteiger partial charge in [-0.15, -0.1) is 23.5 Å². The molecule has 1 N–H and O–H groups in total. The highest BCUT2D eigenvalue weighted by Crippen LogP contribution is 2.39. The van der Waals surface area contributed by atoms with Gasteiger partial charge in [-0.1, -0.05) is 36.8 Å². The highest BCUT2D eigenvalue weighted by molar-refractivity contribution is 8.16. The predicted molar refractivity (Wildman–Crippen MR) is 114 cm³/mol. The number of nitrogens with zero attached hydrogens (tertiary/aromatic N) is 1. The summed E-state index contributed by atoms with van der Waals surface area (Å²) >= 11 is 11.6. The minimum Gasteiger partial charge on any atom is -0.326 e. The van der Waals surface area contributed by atoms with Crippen molar-refractivity contribution in [1.29, 1.82) is 0 Å². The van der Waals surface area contributed by atoms with Gasteiger partial charge in [-0.05, 0) is 54.8 Å². The van der Waals surface area contributed by atoms with Crippen molar-refractivity contribution >= 4 is 63.5 Å². The zero-order chi connectivity index (χ0) is 16.9. The van der Waals surface area contributed by atoms with Crippen LogP contribution in [-0.4, -0.2) is 16.5 Å².